The van der Waals surface area contributed by atoms with Crippen molar-refractivity contribution in [2.24, 2.45) is 0 Å². The fraction of sp³-hybridized carbons (Fsp3) is 0.733. The zero-order valence-corrected chi connectivity index (χ0v) is 14.6. The van der Waals surface area contributed by atoms with E-state index in [1.807, 2.05) is 0 Å². The van der Waals surface area contributed by atoms with Crippen molar-refractivity contribution in [3.05, 3.63) is 11.5 Å². The molecular weight excluding hydrogens is 337 g/mol. The molecule has 1 aromatic rings. The number of amides is 1. The van der Waals surface area contributed by atoms with Crippen LogP contribution >= 0.6 is 11.6 Å². The number of nitrogens with zero attached hydrogens (tertiary/aromatic N) is 4. The van der Waals surface area contributed by atoms with Crippen molar-refractivity contribution in [1.82, 2.24) is 20.1 Å². The van der Waals surface area contributed by atoms with Gasteiger partial charge in [-0.2, -0.15) is 0 Å². The first-order valence-electron chi connectivity index (χ1n) is 8.02. The zero-order valence-electron chi connectivity index (χ0n) is 13.9. The van der Waals surface area contributed by atoms with E-state index in [1.165, 1.54) is 6.20 Å². The minimum absolute atomic E-state index is 0.0390. The van der Waals surface area contributed by atoms with Crippen LogP contribution in [0, 0.1) is 0 Å². The van der Waals surface area contributed by atoms with Gasteiger partial charge in [-0.05, 0) is 51.6 Å². The lowest BCUT2D eigenvalue weighted by molar-refractivity contribution is -0.00834. The van der Waals surface area contributed by atoms with Crippen molar-refractivity contribution in [2.75, 3.05) is 5.32 Å². The molecule has 2 saturated heterocycles. The monoisotopic (exact) mass is 357 g/mol. The molecule has 132 valence electrons. The first kappa shape index (κ1) is 17.1. The fourth-order valence-corrected chi connectivity index (χ4v) is 3.49. The van der Waals surface area contributed by atoms with E-state index in [0.717, 1.165) is 6.42 Å². The van der Waals surface area contributed by atoms with Crippen LogP contribution in [-0.2, 0) is 4.74 Å². The maximum absolute atomic E-state index is 14.9. The summed E-state index contributed by atoms with van der Waals surface area (Å²) in [5.74, 6) is 0.372. The molecule has 24 heavy (non-hydrogen) atoms. The van der Waals surface area contributed by atoms with Gasteiger partial charge in [0, 0.05) is 6.04 Å². The minimum Gasteiger partial charge on any atom is -0.444 e. The maximum atomic E-state index is 14.9. The van der Waals surface area contributed by atoms with Crippen LogP contribution in [-0.4, -0.2) is 56.1 Å². The number of fused-ring (bicyclic) bond motifs is 2. The van der Waals surface area contributed by atoms with Crippen molar-refractivity contribution in [1.29, 1.82) is 0 Å². The summed E-state index contributed by atoms with van der Waals surface area (Å²) in [4.78, 5) is 17.8. The number of ether oxygens (including phenoxy) is 1. The highest BCUT2D eigenvalue weighted by molar-refractivity contribution is 6.28. The van der Waals surface area contributed by atoms with Gasteiger partial charge in [0.1, 0.15) is 11.8 Å². The van der Waals surface area contributed by atoms with Crippen LogP contribution < -0.4 is 5.32 Å². The standard InChI is InChI=1S/C15H21ClFN5O2/c1-15(2,3)24-14(23)22-8-4-5-10(22)12(17)9(6-8)19-11-7-18-13(16)21-20-11/h7-10,12H,4-6H2,1-3H3,(H,19,20)/t8-,9-,10+,12?/m1/s1. The Morgan fingerprint density at radius 3 is 2.79 bits per heavy atom. The number of carbonyl (C=O) groups excluding carboxylic acids is 1. The van der Waals surface area contributed by atoms with E-state index < -0.39 is 29.9 Å². The van der Waals surface area contributed by atoms with Gasteiger partial charge in [-0.3, -0.25) is 4.90 Å². The van der Waals surface area contributed by atoms with E-state index >= 15 is 0 Å². The average Bonchev–Trinajstić information content (AvgIpc) is 2.83. The summed E-state index contributed by atoms with van der Waals surface area (Å²) in [6.07, 6.45) is 1.66. The lowest BCUT2D eigenvalue weighted by Gasteiger charge is -2.41. The molecule has 1 N–H and O–H groups in total. The van der Waals surface area contributed by atoms with Gasteiger partial charge in [-0.15, -0.1) is 10.2 Å². The molecule has 0 radical (unpaired) electrons. The molecule has 2 aliphatic rings. The molecule has 0 saturated carbocycles. The van der Waals surface area contributed by atoms with Gasteiger partial charge in [0.05, 0.1) is 18.3 Å². The highest BCUT2D eigenvalue weighted by atomic mass is 35.5. The normalized spacial score (nSPS) is 29.5. The van der Waals surface area contributed by atoms with Crippen LogP contribution in [0.1, 0.15) is 40.0 Å². The predicted octanol–water partition coefficient (Wildman–Crippen LogP) is 2.82. The predicted molar refractivity (Wildman–Crippen MR) is 86.6 cm³/mol. The Balaban J connectivity index is 1.70. The third-order valence-corrected chi connectivity index (χ3v) is 4.47. The first-order chi connectivity index (χ1) is 11.2. The van der Waals surface area contributed by atoms with Crippen molar-refractivity contribution in [2.45, 2.75) is 69.9 Å². The quantitative estimate of drug-likeness (QED) is 0.876. The molecule has 4 atom stereocenters. The lowest BCUT2D eigenvalue weighted by Crippen LogP contribution is -2.57. The summed E-state index contributed by atoms with van der Waals surface area (Å²) < 4.78 is 20.4. The Morgan fingerprint density at radius 2 is 2.17 bits per heavy atom. The molecule has 2 aliphatic heterocycles. The third kappa shape index (κ3) is 3.53. The van der Waals surface area contributed by atoms with Crippen LogP contribution in [0.5, 0.6) is 0 Å². The van der Waals surface area contributed by atoms with Crippen molar-refractivity contribution in [3.8, 4) is 0 Å². The van der Waals surface area contributed by atoms with Crippen LogP contribution in [0.2, 0.25) is 5.28 Å². The number of hydrogen-bond donors (Lipinski definition) is 1. The second-order valence-corrected chi connectivity index (χ2v) is 7.57. The molecule has 0 spiro atoms. The minimum atomic E-state index is -1.21. The van der Waals surface area contributed by atoms with Gasteiger partial charge in [-0.25, -0.2) is 14.2 Å². The summed E-state index contributed by atoms with van der Waals surface area (Å²) in [6, 6.07) is -0.967. The molecule has 1 unspecified atom stereocenters. The van der Waals surface area contributed by atoms with Crippen LogP contribution in [0.15, 0.2) is 6.20 Å². The Bertz CT molecular complexity index is 609. The number of anilines is 1. The van der Waals surface area contributed by atoms with Crippen LogP contribution in [0.3, 0.4) is 0 Å². The Labute approximate surface area is 144 Å². The van der Waals surface area contributed by atoms with Gasteiger partial charge < -0.3 is 10.1 Å². The van der Waals surface area contributed by atoms with Crippen molar-refractivity contribution >= 4 is 23.5 Å². The highest BCUT2D eigenvalue weighted by Gasteiger charge is 2.51. The van der Waals surface area contributed by atoms with E-state index in [-0.39, 0.29) is 11.3 Å². The molecule has 7 nitrogen and oxygen atoms in total. The summed E-state index contributed by atoms with van der Waals surface area (Å²) in [7, 11) is 0. The molecule has 0 aliphatic carbocycles. The number of alkyl halides is 1. The van der Waals surface area contributed by atoms with Gasteiger partial charge >= 0.3 is 6.09 Å². The molecular formula is C15H21ClFN5O2. The second-order valence-electron chi connectivity index (χ2n) is 7.23. The number of halogens is 2. The maximum Gasteiger partial charge on any atom is 0.410 e. The van der Waals surface area contributed by atoms with E-state index in [1.54, 1.807) is 25.7 Å². The molecule has 1 aromatic heterocycles. The Hall–Kier alpha value is -1.70. The highest BCUT2D eigenvalue weighted by Crippen LogP contribution is 2.39. The number of hydrogen-bond acceptors (Lipinski definition) is 6. The number of carbonyl (C=O) groups is 1. The van der Waals surface area contributed by atoms with E-state index in [9.17, 15) is 9.18 Å². The SMILES string of the molecule is CC(C)(C)OC(=O)N1[C@@H]2CC[C@H]1C(F)[C@H](Nc1cnc(Cl)nn1)C2. The molecule has 1 amide bonds. The van der Waals surface area contributed by atoms with E-state index in [0.29, 0.717) is 18.7 Å². The Morgan fingerprint density at radius 1 is 1.42 bits per heavy atom. The number of aromatic nitrogens is 3. The van der Waals surface area contributed by atoms with Gasteiger partial charge in [0.2, 0.25) is 5.28 Å². The zero-order chi connectivity index (χ0) is 17.5. The van der Waals surface area contributed by atoms with Crippen LogP contribution in [0.4, 0.5) is 15.0 Å². The average molecular weight is 358 g/mol. The van der Waals surface area contributed by atoms with Gasteiger partial charge in [0.15, 0.2) is 5.82 Å². The summed E-state index contributed by atoms with van der Waals surface area (Å²) >= 11 is 5.60. The fourth-order valence-electron chi connectivity index (χ4n) is 3.40. The smallest absolute Gasteiger partial charge is 0.410 e. The Kier molecular flexibility index (Phi) is 4.50. The largest absolute Gasteiger partial charge is 0.444 e. The van der Waals surface area contributed by atoms with Crippen LogP contribution in [0.25, 0.3) is 0 Å². The molecule has 0 aromatic carbocycles. The topological polar surface area (TPSA) is 80.2 Å². The number of nitrogens with one attached hydrogen (secondary N) is 1. The van der Waals surface area contributed by atoms with Crippen molar-refractivity contribution < 1.29 is 13.9 Å². The third-order valence-electron chi connectivity index (χ3n) is 4.30. The van der Waals surface area contributed by atoms with Crippen molar-refractivity contribution in [3.63, 3.8) is 0 Å². The summed E-state index contributed by atoms with van der Waals surface area (Å²) in [6.45, 7) is 5.42. The summed E-state index contributed by atoms with van der Waals surface area (Å²) in [5, 5.41) is 10.6. The second kappa shape index (κ2) is 6.31. The van der Waals surface area contributed by atoms with E-state index in [4.69, 9.17) is 16.3 Å². The number of rotatable bonds is 2. The van der Waals surface area contributed by atoms with Gasteiger partial charge in [0.25, 0.3) is 0 Å². The van der Waals surface area contributed by atoms with E-state index in [2.05, 4.69) is 20.5 Å². The lowest BCUT2D eigenvalue weighted by atomic mass is 9.95. The number of piperidine rings is 1. The molecule has 3 heterocycles. The first-order valence-corrected chi connectivity index (χ1v) is 8.39. The molecule has 3 rings (SSSR count). The van der Waals surface area contributed by atoms with Gasteiger partial charge in [-0.1, -0.05) is 0 Å². The molecule has 9 heteroatoms. The molecule has 2 bridgehead atoms. The summed E-state index contributed by atoms with van der Waals surface area (Å²) in [5.41, 5.74) is -0.595. The molecule has 2 fully saturated rings.